The van der Waals surface area contributed by atoms with Gasteiger partial charge >= 0.3 is 0 Å². The Balaban J connectivity index is 1.78. The summed E-state index contributed by atoms with van der Waals surface area (Å²) >= 11 is 6.06. The number of hydrogen-bond donors (Lipinski definition) is 2. The monoisotopic (exact) mass is 362 g/mol. The maximum absolute atomic E-state index is 14.0. The fraction of sp³-hybridized carbons (Fsp3) is 0.222. The lowest BCUT2D eigenvalue weighted by Gasteiger charge is -2.10. The van der Waals surface area contributed by atoms with Crippen LogP contribution in [-0.2, 0) is 0 Å². The molecule has 1 saturated carbocycles. The Kier molecular flexibility index (Phi) is 4.90. The van der Waals surface area contributed by atoms with Gasteiger partial charge in [0, 0.05) is 17.8 Å². The van der Waals surface area contributed by atoms with Crippen LogP contribution in [0.2, 0.25) is 5.02 Å². The fourth-order valence-electron chi connectivity index (χ4n) is 2.27. The summed E-state index contributed by atoms with van der Waals surface area (Å²) < 4.78 is 18.9. The van der Waals surface area contributed by atoms with Crippen LogP contribution in [0.3, 0.4) is 0 Å². The number of rotatable bonds is 5. The summed E-state index contributed by atoms with van der Waals surface area (Å²) in [5.41, 5.74) is 0.492. The zero-order chi connectivity index (χ0) is 18.0. The van der Waals surface area contributed by atoms with Gasteiger partial charge in [-0.1, -0.05) is 11.6 Å². The van der Waals surface area contributed by atoms with Crippen molar-refractivity contribution in [3.05, 3.63) is 58.4 Å². The van der Waals surface area contributed by atoms with E-state index in [-0.39, 0.29) is 28.1 Å². The van der Waals surface area contributed by atoms with Gasteiger partial charge in [0.05, 0.1) is 23.3 Å². The van der Waals surface area contributed by atoms with E-state index in [1.165, 1.54) is 31.4 Å². The first-order valence-corrected chi connectivity index (χ1v) is 8.11. The van der Waals surface area contributed by atoms with E-state index in [9.17, 15) is 14.0 Å². The molecule has 0 spiro atoms. The molecular formula is C18H16ClFN2O3. The van der Waals surface area contributed by atoms with E-state index in [0.29, 0.717) is 11.4 Å². The number of amides is 2. The molecule has 0 saturated heterocycles. The van der Waals surface area contributed by atoms with Crippen molar-refractivity contribution >= 4 is 29.1 Å². The molecule has 5 nitrogen and oxygen atoms in total. The molecule has 0 bridgehead atoms. The van der Waals surface area contributed by atoms with Gasteiger partial charge in [0.25, 0.3) is 11.8 Å². The lowest BCUT2D eigenvalue weighted by atomic mass is 10.1. The molecule has 0 heterocycles. The van der Waals surface area contributed by atoms with Crippen LogP contribution < -0.4 is 15.4 Å². The summed E-state index contributed by atoms with van der Waals surface area (Å²) in [6.45, 7) is 0. The highest BCUT2D eigenvalue weighted by atomic mass is 35.5. The average molecular weight is 363 g/mol. The topological polar surface area (TPSA) is 67.4 Å². The van der Waals surface area contributed by atoms with Gasteiger partial charge in [0.2, 0.25) is 0 Å². The number of nitrogens with one attached hydrogen (secondary N) is 2. The molecule has 25 heavy (non-hydrogen) atoms. The Morgan fingerprint density at radius 1 is 1.12 bits per heavy atom. The number of carbonyl (C=O) groups excluding carboxylic acids is 2. The van der Waals surface area contributed by atoms with Gasteiger partial charge in [-0.15, -0.1) is 0 Å². The third-order valence-corrected chi connectivity index (χ3v) is 4.13. The molecule has 0 radical (unpaired) electrons. The first-order valence-electron chi connectivity index (χ1n) is 7.73. The highest BCUT2D eigenvalue weighted by Gasteiger charge is 2.25. The number of anilines is 1. The van der Waals surface area contributed by atoms with Gasteiger partial charge in [0.15, 0.2) is 0 Å². The Morgan fingerprint density at radius 3 is 2.52 bits per heavy atom. The number of benzene rings is 2. The van der Waals surface area contributed by atoms with E-state index in [2.05, 4.69) is 10.6 Å². The zero-order valence-electron chi connectivity index (χ0n) is 13.4. The van der Waals surface area contributed by atoms with Gasteiger partial charge in [-0.25, -0.2) is 4.39 Å². The van der Waals surface area contributed by atoms with E-state index >= 15 is 0 Å². The van der Waals surface area contributed by atoms with E-state index in [4.69, 9.17) is 16.3 Å². The first kappa shape index (κ1) is 17.2. The predicted molar refractivity (Wildman–Crippen MR) is 92.8 cm³/mol. The summed E-state index contributed by atoms with van der Waals surface area (Å²) in [6.07, 6.45) is 1.91. The van der Waals surface area contributed by atoms with E-state index in [1.807, 2.05) is 0 Å². The summed E-state index contributed by atoms with van der Waals surface area (Å²) in [4.78, 5) is 24.4. The van der Waals surface area contributed by atoms with Gasteiger partial charge in [-0.2, -0.15) is 0 Å². The quantitative estimate of drug-likeness (QED) is 0.853. The van der Waals surface area contributed by atoms with Crippen LogP contribution in [0.15, 0.2) is 36.4 Å². The highest BCUT2D eigenvalue weighted by Crippen LogP contribution is 2.24. The molecule has 2 N–H and O–H groups in total. The molecule has 0 unspecified atom stereocenters. The molecule has 0 aliphatic heterocycles. The van der Waals surface area contributed by atoms with Crippen LogP contribution in [0.25, 0.3) is 0 Å². The van der Waals surface area contributed by atoms with Crippen molar-refractivity contribution in [2.24, 2.45) is 0 Å². The van der Waals surface area contributed by atoms with Gasteiger partial charge in [-0.3, -0.25) is 9.59 Å². The summed E-state index contributed by atoms with van der Waals surface area (Å²) in [5, 5.41) is 5.69. The number of hydrogen-bond acceptors (Lipinski definition) is 3. The molecule has 1 aliphatic carbocycles. The predicted octanol–water partition coefficient (Wildman–Crippen LogP) is 3.63. The Labute approximate surface area is 149 Å². The van der Waals surface area contributed by atoms with Crippen LogP contribution >= 0.6 is 11.6 Å². The molecule has 3 rings (SSSR count). The molecule has 0 aromatic heterocycles. The maximum Gasteiger partial charge on any atom is 0.258 e. The fourth-order valence-corrected chi connectivity index (χ4v) is 2.48. The lowest BCUT2D eigenvalue weighted by Crippen LogP contribution is -2.25. The maximum atomic E-state index is 14.0. The second kappa shape index (κ2) is 7.11. The normalized spacial score (nSPS) is 13.2. The van der Waals surface area contributed by atoms with Crippen molar-refractivity contribution in [3.63, 3.8) is 0 Å². The third kappa shape index (κ3) is 4.09. The smallest absolute Gasteiger partial charge is 0.258 e. The Morgan fingerprint density at radius 2 is 1.88 bits per heavy atom. The molecule has 1 aliphatic rings. The van der Waals surface area contributed by atoms with Crippen LogP contribution in [0.1, 0.15) is 33.6 Å². The van der Waals surface area contributed by atoms with E-state index in [1.54, 1.807) is 6.07 Å². The van der Waals surface area contributed by atoms with Gasteiger partial charge < -0.3 is 15.4 Å². The SMILES string of the molecule is COc1ccc(C(=O)Nc2ccc(Cl)c(C(=O)NC3CC3)c2)c(F)c1. The number of methoxy groups -OCH3 is 1. The van der Waals surface area contributed by atoms with Crippen LogP contribution in [0.5, 0.6) is 5.75 Å². The van der Waals surface area contributed by atoms with Crippen molar-refractivity contribution < 1.29 is 18.7 Å². The second-order valence-corrected chi connectivity index (χ2v) is 6.15. The largest absolute Gasteiger partial charge is 0.497 e. The van der Waals surface area contributed by atoms with Crippen molar-refractivity contribution in [3.8, 4) is 5.75 Å². The van der Waals surface area contributed by atoms with E-state index in [0.717, 1.165) is 18.9 Å². The number of ether oxygens (including phenoxy) is 1. The minimum Gasteiger partial charge on any atom is -0.497 e. The molecule has 2 amide bonds. The summed E-state index contributed by atoms with van der Waals surface area (Å²) in [6, 6.07) is 8.69. The molecule has 2 aromatic carbocycles. The lowest BCUT2D eigenvalue weighted by molar-refractivity contribution is 0.0949. The highest BCUT2D eigenvalue weighted by molar-refractivity contribution is 6.34. The van der Waals surface area contributed by atoms with Gasteiger partial charge in [-0.05, 0) is 43.2 Å². The average Bonchev–Trinajstić information content (AvgIpc) is 3.40. The molecule has 7 heteroatoms. The molecule has 0 atom stereocenters. The minimum absolute atomic E-state index is 0.125. The van der Waals surface area contributed by atoms with Crippen LogP contribution in [0.4, 0.5) is 10.1 Å². The van der Waals surface area contributed by atoms with Gasteiger partial charge in [0.1, 0.15) is 11.6 Å². The number of carbonyl (C=O) groups is 2. The Hall–Kier alpha value is -2.60. The Bertz CT molecular complexity index is 837. The van der Waals surface area contributed by atoms with Crippen molar-refractivity contribution in [1.29, 1.82) is 0 Å². The molecule has 130 valence electrons. The zero-order valence-corrected chi connectivity index (χ0v) is 14.2. The molecule has 1 fully saturated rings. The van der Waals surface area contributed by atoms with Crippen molar-refractivity contribution in [2.45, 2.75) is 18.9 Å². The third-order valence-electron chi connectivity index (χ3n) is 3.80. The molecule has 2 aromatic rings. The first-order chi connectivity index (χ1) is 12.0. The van der Waals surface area contributed by atoms with Crippen molar-refractivity contribution in [1.82, 2.24) is 5.32 Å². The van der Waals surface area contributed by atoms with E-state index < -0.39 is 11.7 Å². The van der Waals surface area contributed by atoms with Crippen LogP contribution in [-0.4, -0.2) is 25.0 Å². The summed E-state index contributed by atoms with van der Waals surface area (Å²) in [5.74, 6) is -1.30. The van der Waals surface area contributed by atoms with Crippen LogP contribution in [0, 0.1) is 5.82 Å². The van der Waals surface area contributed by atoms with Crippen molar-refractivity contribution in [2.75, 3.05) is 12.4 Å². The second-order valence-electron chi connectivity index (χ2n) is 5.74. The number of halogens is 2. The molecular weight excluding hydrogens is 347 g/mol. The standard InChI is InChI=1S/C18H16ClFN2O3/c1-25-12-5-6-13(16(20)9-12)17(23)22-11-4-7-15(19)14(8-11)18(24)21-10-2-3-10/h4-10H,2-3H2,1H3,(H,21,24)(H,22,23). The summed E-state index contributed by atoms with van der Waals surface area (Å²) in [7, 11) is 1.41. The minimum atomic E-state index is -0.697.